The third-order valence-corrected chi connectivity index (χ3v) is 4.84. The van der Waals surface area contributed by atoms with Gasteiger partial charge < -0.3 is 10.6 Å². The second-order valence-corrected chi connectivity index (χ2v) is 6.81. The molecule has 3 rings (SSSR count). The third kappa shape index (κ3) is 4.45. The molecule has 0 aliphatic heterocycles. The van der Waals surface area contributed by atoms with Gasteiger partial charge in [-0.05, 0) is 51.0 Å². The van der Waals surface area contributed by atoms with Crippen LogP contribution in [-0.4, -0.2) is 32.2 Å². The van der Waals surface area contributed by atoms with Gasteiger partial charge in [0.25, 0.3) is 5.91 Å². The molecule has 0 spiro atoms. The minimum atomic E-state index is -0.346. The molecule has 2 N–H and O–H groups in total. The Morgan fingerprint density at radius 3 is 2.44 bits per heavy atom. The van der Waals surface area contributed by atoms with Crippen LogP contribution < -0.4 is 16.3 Å². The lowest BCUT2D eigenvalue weighted by atomic mass is 10.1. The van der Waals surface area contributed by atoms with Crippen molar-refractivity contribution in [1.29, 1.82) is 0 Å². The van der Waals surface area contributed by atoms with E-state index in [1.165, 1.54) is 4.57 Å². The van der Waals surface area contributed by atoms with Crippen LogP contribution >= 0.6 is 0 Å². The van der Waals surface area contributed by atoms with Gasteiger partial charge in [-0.3, -0.25) is 14.2 Å². The number of nitrogens with zero attached hydrogens (tertiary/aromatic N) is 3. The average Bonchev–Trinajstić information content (AvgIpc) is 3.23. The van der Waals surface area contributed by atoms with Crippen molar-refractivity contribution in [3.05, 3.63) is 46.1 Å². The number of carbonyl (C=O) groups excluding carboxylic acids is 2. The molecule has 1 aromatic heterocycles. The number of hydrogen-bond acceptors (Lipinski definition) is 4. The molecule has 1 aliphatic carbocycles. The van der Waals surface area contributed by atoms with Crippen molar-refractivity contribution >= 4 is 17.5 Å². The largest absolute Gasteiger partial charge is 0.349 e. The van der Waals surface area contributed by atoms with Crippen molar-refractivity contribution in [2.24, 2.45) is 0 Å². The maximum atomic E-state index is 12.2. The number of benzene rings is 1. The van der Waals surface area contributed by atoms with Crippen LogP contribution in [0.5, 0.6) is 0 Å². The van der Waals surface area contributed by atoms with E-state index in [0.29, 0.717) is 23.6 Å². The first-order chi connectivity index (χ1) is 13.0. The van der Waals surface area contributed by atoms with Gasteiger partial charge >= 0.3 is 5.69 Å². The first-order valence-electron chi connectivity index (χ1n) is 9.33. The van der Waals surface area contributed by atoms with Crippen LogP contribution in [0.3, 0.4) is 0 Å². The molecule has 1 saturated carbocycles. The van der Waals surface area contributed by atoms with Crippen molar-refractivity contribution in [2.45, 2.75) is 58.7 Å². The predicted octanol–water partition coefficient (Wildman–Crippen LogP) is 1.68. The van der Waals surface area contributed by atoms with Crippen molar-refractivity contribution < 1.29 is 9.59 Å². The normalized spacial score (nSPS) is 14.3. The zero-order chi connectivity index (χ0) is 19.4. The van der Waals surface area contributed by atoms with Crippen molar-refractivity contribution in [1.82, 2.24) is 19.7 Å². The average molecular weight is 371 g/mol. The molecule has 1 fully saturated rings. The molecule has 0 saturated heterocycles. The van der Waals surface area contributed by atoms with Gasteiger partial charge in [0.15, 0.2) is 0 Å². The van der Waals surface area contributed by atoms with Crippen LogP contribution in [0.4, 0.5) is 5.69 Å². The Balaban J connectivity index is 1.58. The molecular formula is C19H25N5O3. The van der Waals surface area contributed by atoms with Crippen molar-refractivity contribution in [3.63, 3.8) is 0 Å². The molecule has 8 nitrogen and oxygen atoms in total. The molecule has 144 valence electrons. The molecular weight excluding hydrogens is 346 g/mol. The van der Waals surface area contributed by atoms with Crippen LogP contribution in [0, 0.1) is 6.92 Å². The first kappa shape index (κ1) is 18.9. The highest BCUT2D eigenvalue weighted by molar-refractivity contribution is 5.95. The Morgan fingerprint density at radius 1 is 1.19 bits per heavy atom. The van der Waals surface area contributed by atoms with E-state index in [1.54, 1.807) is 31.2 Å². The lowest BCUT2D eigenvalue weighted by Gasteiger charge is -2.12. The van der Waals surface area contributed by atoms with E-state index < -0.39 is 0 Å². The highest BCUT2D eigenvalue weighted by atomic mass is 16.2. The number of anilines is 1. The Labute approximate surface area is 157 Å². The lowest BCUT2D eigenvalue weighted by Crippen LogP contribution is -2.32. The van der Waals surface area contributed by atoms with Crippen LogP contribution in [0.2, 0.25) is 0 Å². The molecule has 1 aliphatic rings. The summed E-state index contributed by atoms with van der Waals surface area (Å²) in [4.78, 5) is 36.5. The van der Waals surface area contributed by atoms with E-state index in [4.69, 9.17) is 0 Å². The molecule has 1 aromatic carbocycles. The number of aromatic nitrogens is 3. The van der Waals surface area contributed by atoms with Crippen LogP contribution in [0.15, 0.2) is 29.1 Å². The maximum Gasteiger partial charge on any atom is 0.346 e. The summed E-state index contributed by atoms with van der Waals surface area (Å²) < 4.78 is 2.66. The third-order valence-electron chi connectivity index (χ3n) is 4.84. The van der Waals surface area contributed by atoms with E-state index in [2.05, 4.69) is 15.7 Å². The molecule has 0 atom stereocenters. The van der Waals surface area contributed by atoms with Gasteiger partial charge in [0.05, 0.1) is 0 Å². The molecule has 0 unspecified atom stereocenters. The van der Waals surface area contributed by atoms with Gasteiger partial charge in [-0.1, -0.05) is 12.8 Å². The van der Waals surface area contributed by atoms with E-state index >= 15 is 0 Å². The summed E-state index contributed by atoms with van der Waals surface area (Å²) >= 11 is 0. The van der Waals surface area contributed by atoms with Gasteiger partial charge in [-0.2, -0.15) is 5.10 Å². The lowest BCUT2D eigenvalue weighted by molar-refractivity contribution is -0.117. The number of carbonyl (C=O) groups is 2. The van der Waals surface area contributed by atoms with Gasteiger partial charge in [-0.25, -0.2) is 9.48 Å². The fraction of sp³-hybridized carbons (Fsp3) is 0.474. The topological polar surface area (TPSA) is 98.0 Å². The highest BCUT2D eigenvalue weighted by Crippen LogP contribution is 2.18. The minimum Gasteiger partial charge on any atom is -0.349 e. The van der Waals surface area contributed by atoms with E-state index in [1.807, 2.05) is 6.92 Å². The summed E-state index contributed by atoms with van der Waals surface area (Å²) in [7, 11) is 0. The van der Waals surface area contributed by atoms with Crippen LogP contribution in [-0.2, 0) is 17.9 Å². The van der Waals surface area contributed by atoms with E-state index in [-0.39, 0.29) is 30.1 Å². The zero-order valence-electron chi connectivity index (χ0n) is 15.7. The number of aryl methyl sites for hydroxylation is 1. The summed E-state index contributed by atoms with van der Waals surface area (Å²) in [5.41, 5.74) is 0.828. The first-order valence-corrected chi connectivity index (χ1v) is 9.33. The Bertz CT molecular complexity index is 876. The SMILES string of the molecule is CCn1c(C)nn(CC(=O)Nc2ccc(C(=O)NC3CCCC3)cc2)c1=O. The van der Waals surface area contributed by atoms with Crippen molar-refractivity contribution in [2.75, 3.05) is 5.32 Å². The molecule has 8 heteroatoms. The summed E-state index contributed by atoms with van der Waals surface area (Å²) in [6, 6.07) is 6.99. The fourth-order valence-electron chi connectivity index (χ4n) is 3.40. The van der Waals surface area contributed by atoms with E-state index in [0.717, 1.165) is 30.4 Å². The second-order valence-electron chi connectivity index (χ2n) is 6.81. The Kier molecular flexibility index (Phi) is 5.73. The van der Waals surface area contributed by atoms with Gasteiger partial charge in [0, 0.05) is 23.8 Å². The standard InChI is InChI=1S/C19H25N5O3/c1-3-23-13(2)22-24(19(23)27)12-17(25)20-16-10-8-14(9-11-16)18(26)21-15-6-4-5-7-15/h8-11,15H,3-7,12H2,1-2H3,(H,20,25)(H,21,26). The van der Waals surface area contributed by atoms with E-state index in [9.17, 15) is 14.4 Å². The van der Waals surface area contributed by atoms with Crippen molar-refractivity contribution in [3.8, 4) is 0 Å². The van der Waals surface area contributed by atoms with Crippen LogP contribution in [0.1, 0.15) is 48.8 Å². The monoisotopic (exact) mass is 371 g/mol. The van der Waals surface area contributed by atoms with Gasteiger partial charge in [-0.15, -0.1) is 0 Å². The molecule has 0 bridgehead atoms. The summed E-state index contributed by atoms with van der Waals surface area (Å²) in [6.07, 6.45) is 4.39. The molecule has 27 heavy (non-hydrogen) atoms. The maximum absolute atomic E-state index is 12.2. The second kappa shape index (κ2) is 8.20. The molecule has 2 aromatic rings. The molecule has 0 radical (unpaired) electrons. The summed E-state index contributed by atoms with van der Waals surface area (Å²) in [5.74, 6) is 0.140. The number of amides is 2. The molecule has 2 amide bonds. The fourth-order valence-corrected chi connectivity index (χ4v) is 3.40. The quantitative estimate of drug-likeness (QED) is 0.807. The van der Waals surface area contributed by atoms with Gasteiger partial charge in [0.1, 0.15) is 12.4 Å². The van der Waals surface area contributed by atoms with Crippen LogP contribution in [0.25, 0.3) is 0 Å². The Hall–Kier alpha value is -2.90. The smallest absolute Gasteiger partial charge is 0.346 e. The number of hydrogen-bond donors (Lipinski definition) is 2. The number of rotatable bonds is 6. The highest BCUT2D eigenvalue weighted by Gasteiger charge is 2.18. The summed E-state index contributed by atoms with van der Waals surface area (Å²) in [5, 5.41) is 9.86. The Morgan fingerprint density at radius 2 is 1.85 bits per heavy atom. The minimum absolute atomic E-state index is 0.0908. The zero-order valence-corrected chi connectivity index (χ0v) is 15.7. The van der Waals surface area contributed by atoms with Gasteiger partial charge in [0.2, 0.25) is 5.91 Å². The predicted molar refractivity (Wildman–Crippen MR) is 102 cm³/mol. The number of nitrogens with one attached hydrogen (secondary N) is 2. The summed E-state index contributed by atoms with van der Waals surface area (Å²) in [6.45, 7) is 3.94. The molecule has 1 heterocycles.